The quantitative estimate of drug-likeness (QED) is 0.653. The highest BCUT2D eigenvalue weighted by atomic mass is 16.6. The number of nitrogens with one attached hydrogen (secondary N) is 3. The molecule has 7 nitrogen and oxygen atoms in total. The van der Waals surface area contributed by atoms with Crippen molar-refractivity contribution < 1.29 is 19.1 Å². The minimum Gasteiger partial charge on any atom is -0.486 e. The highest BCUT2D eigenvalue weighted by Crippen LogP contribution is 2.32. The molecule has 7 heteroatoms. The van der Waals surface area contributed by atoms with Crippen molar-refractivity contribution in [2.75, 3.05) is 37.4 Å². The molecule has 0 saturated heterocycles. The Labute approximate surface area is 158 Å². The number of hydrogen-bond acceptors (Lipinski definition) is 5. The molecule has 27 heavy (non-hydrogen) atoms. The van der Waals surface area contributed by atoms with E-state index in [0.29, 0.717) is 48.1 Å². The predicted octanol–water partition coefficient (Wildman–Crippen LogP) is 2.65. The molecule has 0 unspecified atom stereocenters. The molecule has 2 aromatic rings. The van der Waals surface area contributed by atoms with Gasteiger partial charge in [-0.25, -0.2) is 0 Å². The lowest BCUT2D eigenvalue weighted by atomic mass is 10.1. The fourth-order valence-corrected chi connectivity index (χ4v) is 2.75. The molecule has 142 valence electrons. The van der Waals surface area contributed by atoms with Gasteiger partial charge in [0.05, 0.1) is 11.3 Å². The van der Waals surface area contributed by atoms with Crippen molar-refractivity contribution >= 4 is 23.2 Å². The lowest BCUT2D eigenvalue weighted by Crippen LogP contribution is -2.19. The first-order valence-electron chi connectivity index (χ1n) is 8.92. The van der Waals surface area contributed by atoms with E-state index < -0.39 is 0 Å². The molecule has 1 aliphatic heterocycles. The second-order valence-electron chi connectivity index (χ2n) is 6.11. The van der Waals surface area contributed by atoms with E-state index in [-0.39, 0.29) is 11.8 Å². The fraction of sp³-hybridized carbons (Fsp3) is 0.300. The molecule has 0 radical (unpaired) electrons. The monoisotopic (exact) mass is 369 g/mol. The van der Waals surface area contributed by atoms with Crippen LogP contribution < -0.4 is 25.4 Å². The summed E-state index contributed by atoms with van der Waals surface area (Å²) in [5.74, 6) is 0.835. The first-order chi connectivity index (χ1) is 13.2. The molecule has 0 saturated carbocycles. The Morgan fingerprint density at radius 3 is 2.59 bits per heavy atom. The summed E-state index contributed by atoms with van der Waals surface area (Å²) in [6.07, 6.45) is 1.12. The average Bonchev–Trinajstić information content (AvgIpc) is 2.68. The summed E-state index contributed by atoms with van der Waals surface area (Å²) in [5, 5.41) is 8.65. The molecule has 1 heterocycles. The van der Waals surface area contributed by atoms with E-state index in [1.165, 1.54) is 0 Å². The first kappa shape index (κ1) is 18.7. The Hall–Kier alpha value is -3.06. The van der Waals surface area contributed by atoms with E-state index in [1.807, 2.05) is 7.05 Å². The highest BCUT2D eigenvalue weighted by Gasteiger charge is 2.16. The van der Waals surface area contributed by atoms with Gasteiger partial charge in [0, 0.05) is 18.2 Å². The van der Waals surface area contributed by atoms with Gasteiger partial charge in [0.15, 0.2) is 11.5 Å². The van der Waals surface area contributed by atoms with Crippen LogP contribution in [0.3, 0.4) is 0 Å². The number of carbonyl (C=O) groups excluding carboxylic acids is 2. The van der Waals surface area contributed by atoms with Crippen molar-refractivity contribution in [3.8, 4) is 11.5 Å². The van der Waals surface area contributed by atoms with Gasteiger partial charge < -0.3 is 25.4 Å². The van der Waals surface area contributed by atoms with Gasteiger partial charge in [-0.1, -0.05) is 12.1 Å². The molecule has 2 aromatic carbocycles. The van der Waals surface area contributed by atoms with E-state index in [2.05, 4.69) is 16.0 Å². The number of fused-ring (bicyclic) bond motifs is 1. The lowest BCUT2D eigenvalue weighted by molar-refractivity contribution is -0.116. The SMILES string of the molecule is CNCCCC(=O)Nc1ccccc1C(=O)Nc1ccc2c(c1)OCCO2. The fourth-order valence-electron chi connectivity index (χ4n) is 2.75. The number of rotatable bonds is 7. The number of ether oxygens (including phenoxy) is 2. The summed E-state index contributed by atoms with van der Waals surface area (Å²) in [4.78, 5) is 24.8. The van der Waals surface area contributed by atoms with E-state index >= 15 is 0 Å². The summed E-state index contributed by atoms with van der Waals surface area (Å²) >= 11 is 0. The maximum atomic E-state index is 12.7. The Balaban J connectivity index is 1.69. The first-order valence-corrected chi connectivity index (χ1v) is 8.92. The number of para-hydroxylation sites is 1. The topological polar surface area (TPSA) is 88.7 Å². The average molecular weight is 369 g/mol. The van der Waals surface area contributed by atoms with Crippen molar-refractivity contribution in [2.45, 2.75) is 12.8 Å². The third kappa shape index (κ3) is 4.98. The molecule has 0 aliphatic carbocycles. The zero-order valence-electron chi connectivity index (χ0n) is 15.2. The summed E-state index contributed by atoms with van der Waals surface area (Å²) in [6.45, 7) is 1.76. The second kappa shape index (κ2) is 9.05. The van der Waals surface area contributed by atoms with Crippen LogP contribution >= 0.6 is 0 Å². The van der Waals surface area contributed by atoms with Crippen molar-refractivity contribution in [1.29, 1.82) is 0 Å². The van der Waals surface area contributed by atoms with Gasteiger partial charge in [0.25, 0.3) is 5.91 Å². The molecule has 2 amide bonds. The largest absolute Gasteiger partial charge is 0.486 e. The van der Waals surface area contributed by atoms with E-state index in [0.717, 1.165) is 13.0 Å². The molecule has 0 aromatic heterocycles. The second-order valence-corrected chi connectivity index (χ2v) is 6.11. The summed E-state index contributed by atoms with van der Waals surface area (Å²) in [7, 11) is 1.84. The van der Waals surface area contributed by atoms with Crippen LogP contribution in [0.25, 0.3) is 0 Å². The predicted molar refractivity (Wildman–Crippen MR) is 104 cm³/mol. The normalized spacial score (nSPS) is 12.3. The minimum atomic E-state index is -0.308. The minimum absolute atomic E-state index is 0.121. The van der Waals surface area contributed by atoms with Crippen molar-refractivity contribution in [3.63, 3.8) is 0 Å². The summed E-state index contributed by atoms with van der Waals surface area (Å²) < 4.78 is 11.0. The third-order valence-electron chi connectivity index (χ3n) is 4.08. The van der Waals surface area contributed by atoms with Crippen LogP contribution in [0.15, 0.2) is 42.5 Å². The molecule has 0 spiro atoms. The Morgan fingerprint density at radius 1 is 1.00 bits per heavy atom. The molecule has 3 N–H and O–H groups in total. The lowest BCUT2D eigenvalue weighted by Gasteiger charge is -2.19. The van der Waals surface area contributed by atoms with Crippen LogP contribution in [0.1, 0.15) is 23.2 Å². The van der Waals surface area contributed by atoms with Crippen LogP contribution in [-0.4, -0.2) is 38.6 Å². The molecule has 0 fully saturated rings. The van der Waals surface area contributed by atoms with Gasteiger partial charge in [-0.15, -0.1) is 0 Å². The van der Waals surface area contributed by atoms with Crippen LogP contribution in [-0.2, 0) is 4.79 Å². The number of hydrogen-bond donors (Lipinski definition) is 3. The number of carbonyl (C=O) groups is 2. The van der Waals surface area contributed by atoms with Crippen LogP contribution in [0, 0.1) is 0 Å². The number of amides is 2. The van der Waals surface area contributed by atoms with E-state index in [4.69, 9.17) is 9.47 Å². The highest BCUT2D eigenvalue weighted by molar-refractivity contribution is 6.10. The van der Waals surface area contributed by atoms with Gasteiger partial charge in [-0.3, -0.25) is 9.59 Å². The van der Waals surface area contributed by atoms with Crippen LogP contribution in [0.5, 0.6) is 11.5 Å². The molecule has 1 aliphatic rings. The molecule has 0 bridgehead atoms. The molecule has 0 atom stereocenters. The third-order valence-corrected chi connectivity index (χ3v) is 4.08. The van der Waals surface area contributed by atoms with Gasteiger partial charge in [0.1, 0.15) is 13.2 Å². The Bertz CT molecular complexity index is 823. The maximum Gasteiger partial charge on any atom is 0.257 e. The van der Waals surface area contributed by atoms with E-state index in [9.17, 15) is 9.59 Å². The van der Waals surface area contributed by atoms with Crippen molar-refractivity contribution in [1.82, 2.24) is 5.32 Å². The Morgan fingerprint density at radius 2 is 1.78 bits per heavy atom. The standard InChI is InChI=1S/C20H23N3O4/c1-21-10-4-7-19(24)23-16-6-3-2-5-15(16)20(25)22-14-8-9-17-18(13-14)27-12-11-26-17/h2-3,5-6,8-9,13,21H,4,7,10-12H2,1H3,(H,22,25)(H,23,24). The number of anilines is 2. The summed E-state index contributed by atoms with van der Waals surface area (Å²) in [6, 6.07) is 12.2. The van der Waals surface area contributed by atoms with Crippen LogP contribution in [0.4, 0.5) is 11.4 Å². The maximum absolute atomic E-state index is 12.7. The zero-order chi connectivity index (χ0) is 19.1. The molecular formula is C20H23N3O4. The van der Waals surface area contributed by atoms with Crippen molar-refractivity contribution in [2.24, 2.45) is 0 Å². The van der Waals surface area contributed by atoms with Gasteiger partial charge in [-0.2, -0.15) is 0 Å². The van der Waals surface area contributed by atoms with Crippen LogP contribution in [0.2, 0.25) is 0 Å². The molecule has 3 rings (SSSR count). The zero-order valence-corrected chi connectivity index (χ0v) is 15.2. The van der Waals surface area contributed by atoms with Crippen molar-refractivity contribution in [3.05, 3.63) is 48.0 Å². The van der Waals surface area contributed by atoms with Gasteiger partial charge in [-0.05, 0) is 44.3 Å². The van der Waals surface area contributed by atoms with Gasteiger partial charge >= 0.3 is 0 Å². The molecular weight excluding hydrogens is 346 g/mol. The van der Waals surface area contributed by atoms with Gasteiger partial charge in [0.2, 0.25) is 5.91 Å². The Kier molecular flexibility index (Phi) is 6.27. The smallest absolute Gasteiger partial charge is 0.257 e. The summed E-state index contributed by atoms with van der Waals surface area (Å²) in [5.41, 5.74) is 1.48. The number of benzene rings is 2. The van der Waals surface area contributed by atoms with E-state index in [1.54, 1.807) is 42.5 Å².